The lowest BCUT2D eigenvalue weighted by Gasteiger charge is -2.24. The lowest BCUT2D eigenvalue weighted by Crippen LogP contribution is -2.32. The van der Waals surface area contributed by atoms with Crippen LogP contribution in [-0.4, -0.2) is 36.4 Å². The number of nitro benzene ring substituents is 1. The topological polar surface area (TPSA) is 84.7 Å². The van der Waals surface area contributed by atoms with Crippen molar-refractivity contribution in [1.29, 1.82) is 0 Å². The van der Waals surface area contributed by atoms with Gasteiger partial charge in [0.15, 0.2) is 11.6 Å². The molecule has 2 rings (SSSR count). The Hall–Kier alpha value is -3.07. The first-order valence-corrected chi connectivity index (χ1v) is 8.00. The van der Waals surface area contributed by atoms with Gasteiger partial charge < -0.3 is 10.1 Å². The van der Waals surface area contributed by atoms with Crippen LogP contribution in [0.2, 0.25) is 0 Å². The normalized spacial score (nSPS) is 11.9. The zero-order chi connectivity index (χ0) is 20.1. The van der Waals surface area contributed by atoms with Gasteiger partial charge in [-0.1, -0.05) is 6.07 Å². The van der Waals surface area contributed by atoms with Gasteiger partial charge in [-0.05, 0) is 37.7 Å². The molecule has 0 radical (unpaired) electrons. The fourth-order valence-corrected chi connectivity index (χ4v) is 2.48. The monoisotopic (exact) mass is 379 g/mol. The minimum absolute atomic E-state index is 0.0414. The third kappa shape index (κ3) is 4.98. The number of ether oxygens (including phenoxy) is 1. The molecule has 0 saturated heterocycles. The van der Waals surface area contributed by atoms with Crippen LogP contribution in [0.15, 0.2) is 36.4 Å². The smallest absolute Gasteiger partial charge is 0.273 e. The predicted octanol–water partition coefficient (Wildman–Crippen LogP) is 3.51. The summed E-state index contributed by atoms with van der Waals surface area (Å²) in [5, 5.41) is 13.4. The maximum Gasteiger partial charge on any atom is 0.273 e. The predicted molar refractivity (Wildman–Crippen MR) is 95.7 cm³/mol. The van der Waals surface area contributed by atoms with Gasteiger partial charge in [0.1, 0.15) is 5.75 Å². The Balaban J connectivity index is 2.06. The minimum atomic E-state index is -0.951. The van der Waals surface area contributed by atoms with Crippen LogP contribution in [0, 0.1) is 21.7 Å². The first-order chi connectivity index (χ1) is 12.7. The van der Waals surface area contributed by atoms with Crippen molar-refractivity contribution in [3.8, 4) is 5.75 Å². The molecule has 0 spiro atoms. The molecule has 2 aromatic carbocycles. The Morgan fingerprint density at radius 2 is 1.96 bits per heavy atom. The summed E-state index contributed by atoms with van der Waals surface area (Å²) in [6.07, 6.45) is 0. The largest absolute Gasteiger partial charge is 0.494 e. The van der Waals surface area contributed by atoms with Gasteiger partial charge in [-0.2, -0.15) is 0 Å². The number of nitrogens with zero attached hydrogens (tertiary/aromatic N) is 2. The average molecular weight is 379 g/mol. The molecule has 0 aliphatic heterocycles. The van der Waals surface area contributed by atoms with E-state index < -0.39 is 16.6 Å². The molecule has 0 unspecified atom stereocenters. The second-order valence-electron chi connectivity index (χ2n) is 5.95. The van der Waals surface area contributed by atoms with Crippen LogP contribution in [0.3, 0.4) is 0 Å². The van der Waals surface area contributed by atoms with Crippen LogP contribution >= 0.6 is 0 Å². The number of hydrogen-bond donors (Lipinski definition) is 1. The van der Waals surface area contributed by atoms with E-state index in [4.69, 9.17) is 4.74 Å². The highest BCUT2D eigenvalue weighted by Crippen LogP contribution is 2.29. The summed E-state index contributed by atoms with van der Waals surface area (Å²) in [6, 6.07) is 7.09. The van der Waals surface area contributed by atoms with E-state index in [1.165, 1.54) is 31.4 Å². The molecule has 9 heteroatoms. The number of methoxy groups -OCH3 is 1. The van der Waals surface area contributed by atoms with E-state index in [0.717, 1.165) is 12.1 Å². The van der Waals surface area contributed by atoms with Crippen LogP contribution < -0.4 is 10.1 Å². The van der Waals surface area contributed by atoms with Crippen molar-refractivity contribution in [3.05, 3.63) is 63.7 Å². The molecule has 27 heavy (non-hydrogen) atoms. The summed E-state index contributed by atoms with van der Waals surface area (Å²) in [5.74, 6) is -2.11. The molecule has 1 amide bonds. The number of carbonyl (C=O) groups is 1. The molecule has 0 bridgehead atoms. The summed E-state index contributed by atoms with van der Waals surface area (Å²) < 4.78 is 31.5. The number of carbonyl (C=O) groups excluding carboxylic acids is 1. The molecule has 1 atom stereocenters. The number of rotatable bonds is 7. The van der Waals surface area contributed by atoms with Crippen LogP contribution in [0.1, 0.15) is 18.5 Å². The van der Waals surface area contributed by atoms with E-state index in [0.29, 0.717) is 11.3 Å². The van der Waals surface area contributed by atoms with E-state index in [-0.39, 0.29) is 29.9 Å². The molecule has 0 aromatic heterocycles. The SMILES string of the molecule is COc1cc([N+](=O)[O-])ccc1NC(=O)CN(C)[C@@H](C)c1ccc(F)c(F)c1. The van der Waals surface area contributed by atoms with Gasteiger partial charge in [0.2, 0.25) is 5.91 Å². The maximum atomic E-state index is 13.4. The van der Waals surface area contributed by atoms with Gasteiger partial charge >= 0.3 is 0 Å². The number of benzene rings is 2. The van der Waals surface area contributed by atoms with Crippen molar-refractivity contribution >= 4 is 17.3 Å². The molecule has 144 valence electrons. The molecule has 0 heterocycles. The van der Waals surface area contributed by atoms with E-state index in [2.05, 4.69) is 5.32 Å². The second kappa shape index (κ2) is 8.54. The molecule has 0 saturated carbocycles. The maximum absolute atomic E-state index is 13.4. The number of anilines is 1. The van der Waals surface area contributed by atoms with Gasteiger partial charge in [-0.3, -0.25) is 19.8 Å². The van der Waals surface area contributed by atoms with E-state index in [9.17, 15) is 23.7 Å². The molecule has 0 aliphatic carbocycles. The fraction of sp³-hybridized carbons (Fsp3) is 0.278. The Morgan fingerprint density at radius 3 is 2.56 bits per heavy atom. The lowest BCUT2D eigenvalue weighted by molar-refractivity contribution is -0.384. The van der Waals surface area contributed by atoms with Crippen molar-refractivity contribution in [2.75, 3.05) is 26.0 Å². The van der Waals surface area contributed by atoms with Crippen molar-refractivity contribution in [2.24, 2.45) is 0 Å². The Kier molecular flexibility index (Phi) is 6.40. The summed E-state index contributed by atoms with van der Waals surface area (Å²) >= 11 is 0. The molecule has 2 aromatic rings. The number of halogens is 2. The van der Waals surface area contributed by atoms with E-state index in [1.54, 1.807) is 18.9 Å². The van der Waals surface area contributed by atoms with E-state index in [1.807, 2.05) is 0 Å². The molecular formula is C18H19F2N3O4. The number of nitro groups is 1. The summed E-state index contributed by atoms with van der Waals surface area (Å²) in [6.45, 7) is 1.72. The molecular weight excluding hydrogens is 360 g/mol. The molecule has 0 aliphatic rings. The quantitative estimate of drug-likeness (QED) is 0.588. The number of amides is 1. The fourth-order valence-electron chi connectivity index (χ4n) is 2.48. The summed E-state index contributed by atoms with van der Waals surface area (Å²) in [7, 11) is 3.00. The number of likely N-dealkylation sites (N-methyl/N-ethyl adjacent to an activating group) is 1. The summed E-state index contributed by atoms with van der Waals surface area (Å²) in [4.78, 5) is 24.2. The van der Waals surface area contributed by atoms with E-state index >= 15 is 0 Å². The van der Waals surface area contributed by atoms with Crippen molar-refractivity contribution < 1.29 is 23.2 Å². The first-order valence-electron chi connectivity index (χ1n) is 8.00. The highest BCUT2D eigenvalue weighted by atomic mass is 19.2. The minimum Gasteiger partial charge on any atom is -0.494 e. The molecule has 7 nitrogen and oxygen atoms in total. The van der Waals surface area contributed by atoms with Gasteiger partial charge in [-0.25, -0.2) is 8.78 Å². The van der Waals surface area contributed by atoms with Crippen molar-refractivity contribution in [2.45, 2.75) is 13.0 Å². The highest BCUT2D eigenvalue weighted by Gasteiger charge is 2.18. The summed E-state index contributed by atoms with van der Waals surface area (Å²) in [5.41, 5.74) is 0.660. The Labute approximate surface area is 154 Å². The second-order valence-corrected chi connectivity index (χ2v) is 5.95. The lowest BCUT2D eigenvalue weighted by atomic mass is 10.1. The number of nitrogens with one attached hydrogen (secondary N) is 1. The number of hydrogen-bond acceptors (Lipinski definition) is 5. The van der Waals surface area contributed by atoms with Gasteiger partial charge in [-0.15, -0.1) is 0 Å². The van der Waals surface area contributed by atoms with Gasteiger partial charge in [0.05, 0.1) is 30.3 Å². The zero-order valence-electron chi connectivity index (χ0n) is 15.0. The van der Waals surface area contributed by atoms with Crippen molar-refractivity contribution in [1.82, 2.24) is 4.90 Å². The third-order valence-corrected chi connectivity index (χ3v) is 4.15. The highest BCUT2D eigenvalue weighted by molar-refractivity contribution is 5.93. The van der Waals surface area contributed by atoms with Crippen LogP contribution in [0.5, 0.6) is 5.75 Å². The number of non-ortho nitro benzene ring substituents is 1. The van der Waals surface area contributed by atoms with Crippen LogP contribution in [0.4, 0.5) is 20.2 Å². The zero-order valence-corrected chi connectivity index (χ0v) is 15.0. The average Bonchev–Trinajstić information content (AvgIpc) is 2.63. The van der Waals surface area contributed by atoms with Gasteiger partial charge in [0.25, 0.3) is 5.69 Å². The molecule has 0 fully saturated rings. The van der Waals surface area contributed by atoms with Crippen LogP contribution in [0.25, 0.3) is 0 Å². The molecule has 1 N–H and O–H groups in total. The van der Waals surface area contributed by atoms with Crippen molar-refractivity contribution in [3.63, 3.8) is 0 Å². The third-order valence-electron chi connectivity index (χ3n) is 4.15. The first kappa shape index (κ1) is 20.2. The Bertz CT molecular complexity index is 860. The standard InChI is InChI=1S/C18H19F2N3O4/c1-11(12-4-6-14(19)15(20)8-12)22(2)10-18(24)21-16-7-5-13(23(25)26)9-17(16)27-3/h4-9,11H,10H2,1-3H3,(H,21,24)/t11-/m0/s1. The Morgan fingerprint density at radius 1 is 1.26 bits per heavy atom. The van der Waals surface area contributed by atoms with Crippen LogP contribution in [-0.2, 0) is 4.79 Å². The van der Waals surface area contributed by atoms with Gasteiger partial charge in [0, 0.05) is 12.1 Å².